The van der Waals surface area contributed by atoms with Crippen molar-refractivity contribution in [3.63, 3.8) is 0 Å². The number of carboxylic acids is 1. The van der Waals surface area contributed by atoms with Gasteiger partial charge in [0, 0.05) is 6.04 Å². The van der Waals surface area contributed by atoms with Crippen LogP contribution in [0.4, 0.5) is 4.39 Å². The van der Waals surface area contributed by atoms with Crippen molar-refractivity contribution in [1.82, 2.24) is 5.32 Å². The summed E-state index contributed by atoms with van der Waals surface area (Å²) >= 11 is 0. The Hall–Kier alpha value is -2.20. The third-order valence-corrected chi connectivity index (χ3v) is 4.92. The van der Waals surface area contributed by atoms with E-state index < -0.39 is 12.0 Å². The molecule has 2 atom stereocenters. The monoisotopic (exact) mass is 341 g/mol. The number of carboxylic acid groups (broad SMARTS) is 1. The maximum atomic E-state index is 13.1. The highest BCUT2D eigenvalue weighted by atomic mass is 19.1. The Morgan fingerprint density at radius 3 is 2.60 bits per heavy atom. The van der Waals surface area contributed by atoms with Gasteiger partial charge in [-0.05, 0) is 60.1 Å². The first kappa shape index (κ1) is 17.6. The standard InChI is InChI=1S/C21H24FNO2/c1-2-3-20(21(24)25)23-19-11-8-16-12-15(4-5-17(16)13-19)14-6-9-18(22)10-7-14/h4-7,9-10,12,19-20,23H,2-3,8,11,13H2,1H3,(H,24,25). The van der Waals surface area contributed by atoms with Crippen molar-refractivity contribution in [2.45, 2.75) is 51.1 Å². The molecule has 25 heavy (non-hydrogen) atoms. The fourth-order valence-corrected chi connectivity index (χ4v) is 3.57. The fraction of sp³-hybridized carbons (Fsp3) is 0.381. The van der Waals surface area contributed by atoms with E-state index in [9.17, 15) is 14.3 Å². The second-order valence-electron chi connectivity index (χ2n) is 6.78. The van der Waals surface area contributed by atoms with Gasteiger partial charge in [0.2, 0.25) is 0 Å². The molecule has 2 aromatic carbocycles. The zero-order chi connectivity index (χ0) is 17.8. The molecule has 2 aromatic rings. The highest BCUT2D eigenvalue weighted by molar-refractivity contribution is 5.73. The second kappa shape index (κ2) is 7.79. The summed E-state index contributed by atoms with van der Waals surface area (Å²) < 4.78 is 13.1. The number of halogens is 1. The molecule has 3 nitrogen and oxygen atoms in total. The summed E-state index contributed by atoms with van der Waals surface area (Å²) in [5, 5.41) is 12.6. The number of fused-ring (bicyclic) bond motifs is 1. The van der Waals surface area contributed by atoms with Crippen LogP contribution in [0.15, 0.2) is 42.5 Å². The first-order chi connectivity index (χ1) is 12.1. The number of benzene rings is 2. The van der Waals surface area contributed by atoms with E-state index in [2.05, 4.69) is 23.5 Å². The van der Waals surface area contributed by atoms with E-state index in [1.54, 1.807) is 12.1 Å². The van der Waals surface area contributed by atoms with Gasteiger partial charge in [0.15, 0.2) is 0 Å². The van der Waals surface area contributed by atoms with E-state index in [1.165, 1.54) is 23.3 Å². The molecular formula is C21H24FNO2. The minimum atomic E-state index is -0.765. The van der Waals surface area contributed by atoms with Gasteiger partial charge in [0.1, 0.15) is 11.9 Å². The molecule has 3 rings (SSSR count). The lowest BCUT2D eigenvalue weighted by Crippen LogP contribution is -2.45. The smallest absolute Gasteiger partial charge is 0.320 e. The van der Waals surface area contributed by atoms with Gasteiger partial charge in [-0.25, -0.2) is 4.39 Å². The molecule has 0 amide bonds. The molecule has 2 N–H and O–H groups in total. The quantitative estimate of drug-likeness (QED) is 0.828. The fourth-order valence-electron chi connectivity index (χ4n) is 3.57. The second-order valence-corrected chi connectivity index (χ2v) is 6.78. The first-order valence-electron chi connectivity index (χ1n) is 8.93. The van der Waals surface area contributed by atoms with Crippen LogP contribution in [0.25, 0.3) is 11.1 Å². The summed E-state index contributed by atoms with van der Waals surface area (Å²) in [5.74, 6) is -0.991. The number of aliphatic carboxylic acids is 1. The Labute approximate surface area is 147 Å². The zero-order valence-electron chi connectivity index (χ0n) is 14.5. The van der Waals surface area contributed by atoms with Crippen molar-refractivity contribution >= 4 is 5.97 Å². The number of carbonyl (C=O) groups is 1. The van der Waals surface area contributed by atoms with Gasteiger partial charge < -0.3 is 10.4 Å². The van der Waals surface area contributed by atoms with Crippen molar-refractivity contribution in [2.75, 3.05) is 0 Å². The van der Waals surface area contributed by atoms with Gasteiger partial charge in [0.05, 0.1) is 0 Å². The first-order valence-corrected chi connectivity index (χ1v) is 8.93. The molecule has 0 fully saturated rings. The van der Waals surface area contributed by atoms with E-state index in [-0.39, 0.29) is 11.9 Å². The predicted molar refractivity (Wildman–Crippen MR) is 97.1 cm³/mol. The van der Waals surface area contributed by atoms with Crippen LogP contribution >= 0.6 is 0 Å². The average molecular weight is 341 g/mol. The highest BCUT2D eigenvalue weighted by Crippen LogP contribution is 2.28. The molecule has 0 saturated carbocycles. The minimum absolute atomic E-state index is 0.205. The van der Waals surface area contributed by atoms with Gasteiger partial charge >= 0.3 is 5.97 Å². The Morgan fingerprint density at radius 1 is 1.20 bits per heavy atom. The average Bonchev–Trinajstić information content (AvgIpc) is 2.61. The Morgan fingerprint density at radius 2 is 1.92 bits per heavy atom. The molecule has 1 aliphatic carbocycles. The highest BCUT2D eigenvalue weighted by Gasteiger charge is 2.24. The zero-order valence-corrected chi connectivity index (χ0v) is 14.5. The van der Waals surface area contributed by atoms with Crippen molar-refractivity contribution in [3.05, 3.63) is 59.4 Å². The molecule has 2 unspecified atom stereocenters. The Balaban J connectivity index is 1.72. The number of nitrogens with one attached hydrogen (secondary N) is 1. The maximum Gasteiger partial charge on any atom is 0.320 e. The third kappa shape index (κ3) is 4.26. The van der Waals surface area contributed by atoms with Crippen LogP contribution in [-0.4, -0.2) is 23.2 Å². The van der Waals surface area contributed by atoms with Gasteiger partial charge in [-0.3, -0.25) is 4.79 Å². The molecule has 0 bridgehead atoms. The topological polar surface area (TPSA) is 49.3 Å². The summed E-state index contributed by atoms with van der Waals surface area (Å²) in [6.45, 7) is 2.00. The molecule has 0 aromatic heterocycles. The van der Waals surface area contributed by atoms with Crippen LogP contribution in [0.3, 0.4) is 0 Å². The van der Waals surface area contributed by atoms with Gasteiger partial charge in [-0.1, -0.05) is 43.7 Å². The lowest BCUT2D eigenvalue weighted by molar-refractivity contribution is -0.139. The van der Waals surface area contributed by atoms with E-state index >= 15 is 0 Å². The molecule has 132 valence electrons. The summed E-state index contributed by atoms with van der Waals surface area (Å²) in [5.41, 5.74) is 4.69. The lowest BCUT2D eigenvalue weighted by Gasteiger charge is -2.28. The molecule has 0 heterocycles. The normalized spacial score (nSPS) is 17.8. The molecule has 1 aliphatic rings. The van der Waals surface area contributed by atoms with Crippen LogP contribution in [0, 0.1) is 5.82 Å². The summed E-state index contributed by atoms with van der Waals surface area (Å²) in [7, 11) is 0. The van der Waals surface area contributed by atoms with Crippen LogP contribution in [0.1, 0.15) is 37.3 Å². The summed E-state index contributed by atoms with van der Waals surface area (Å²) in [6, 6.07) is 12.7. The van der Waals surface area contributed by atoms with E-state index in [4.69, 9.17) is 0 Å². The van der Waals surface area contributed by atoms with Crippen LogP contribution in [0.5, 0.6) is 0 Å². The molecule has 0 radical (unpaired) electrons. The number of rotatable bonds is 6. The van der Waals surface area contributed by atoms with Crippen LogP contribution in [-0.2, 0) is 17.6 Å². The molecular weight excluding hydrogens is 317 g/mol. The van der Waals surface area contributed by atoms with Gasteiger partial charge in [-0.15, -0.1) is 0 Å². The number of hydrogen-bond acceptors (Lipinski definition) is 2. The number of hydrogen-bond donors (Lipinski definition) is 2. The Bertz CT molecular complexity index is 742. The maximum absolute atomic E-state index is 13.1. The van der Waals surface area contributed by atoms with Crippen molar-refractivity contribution in [2.24, 2.45) is 0 Å². The third-order valence-electron chi connectivity index (χ3n) is 4.92. The van der Waals surface area contributed by atoms with Crippen LogP contribution in [0.2, 0.25) is 0 Å². The summed E-state index contributed by atoms with van der Waals surface area (Å²) in [6.07, 6.45) is 4.23. The van der Waals surface area contributed by atoms with Crippen molar-refractivity contribution in [3.8, 4) is 11.1 Å². The largest absolute Gasteiger partial charge is 0.480 e. The molecule has 0 saturated heterocycles. The SMILES string of the molecule is CCCC(NC1CCc2cc(-c3ccc(F)cc3)ccc2C1)C(=O)O. The van der Waals surface area contributed by atoms with E-state index in [1.807, 2.05) is 6.92 Å². The molecule has 0 spiro atoms. The molecule has 4 heteroatoms. The van der Waals surface area contributed by atoms with Gasteiger partial charge in [0.25, 0.3) is 0 Å². The number of aryl methyl sites for hydroxylation is 1. The van der Waals surface area contributed by atoms with Gasteiger partial charge in [-0.2, -0.15) is 0 Å². The summed E-state index contributed by atoms with van der Waals surface area (Å²) in [4.78, 5) is 11.3. The van der Waals surface area contributed by atoms with Crippen molar-refractivity contribution in [1.29, 1.82) is 0 Å². The van der Waals surface area contributed by atoms with Crippen LogP contribution < -0.4 is 5.32 Å². The predicted octanol–water partition coefficient (Wildman–Crippen LogP) is 4.19. The lowest BCUT2D eigenvalue weighted by atomic mass is 9.86. The Kier molecular flexibility index (Phi) is 5.49. The minimum Gasteiger partial charge on any atom is -0.480 e. The van der Waals surface area contributed by atoms with E-state index in [0.717, 1.165) is 36.8 Å². The van der Waals surface area contributed by atoms with Crippen molar-refractivity contribution < 1.29 is 14.3 Å². The van der Waals surface area contributed by atoms with E-state index in [0.29, 0.717) is 6.42 Å². The molecule has 0 aliphatic heterocycles.